The Bertz CT molecular complexity index is 1020. The maximum absolute atomic E-state index is 4.73. The Morgan fingerprint density at radius 2 is 1.16 bits per heavy atom. The molecule has 0 aliphatic heterocycles. The van der Waals surface area contributed by atoms with Gasteiger partial charge >= 0.3 is 0 Å². The molecule has 4 aromatic rings. The highest BCUT2D eigenvalue weighted by Crippen LogP contribution is 2.37. The first kappa shape index (κ1) is 16.8. The Morgan fingerprint density at radius 3 is 1.80 bits per heavy atom. The fraction of sp³-hybridized carbons (Fsp3) is 0. The molecular formula is C21H14I2N2. The molecule has 0 bridgehead atoms. The molecule has 0 fully saturated rings. The average molecular weight is 548 g/mol. The van der Waals surface area contributed by atoms with Gasteiger partial charge in [-0.2, -0.15) is 5.10 Å². The van der Waals surface area contributed by atoms with Crippen LogP contribution in [0.5, 0.6) is 0 Å². The highest BCUT2D eigenvalue weighted by molar-refractivity contribution is 14.1. The summed E-state index contributed by atoms with van der Waals surface area (Å²) in [7, 11) is 0. The van der Waals surface area contributed by atoms with E-state index in [9.17, 15) is 0 Å². The molecule has 122 valence electrons. The first-order valence-electron chi connectivity index (χ1n) is 7.89. The number of rotatable bonds is 3. The zero-order valence-corrected chi connectivity index (χ0v) is 17.5. The van der Waals surface area contributed by atoms with Gasteiger partial charge in [0.1, 0.15) is 0 Å². The maximum atomic E-state index is 4.73. The van der Waals surface area contributed by atoms with E-state index in [1.807, 2.05) is 29.1 Å². The van der Waals surface area contributed by atoms with Crippen LogP contribution in [0.1, 0.15) is 0 Å². The third-order valence-electron chi connectivity index (χ3n) is 4.06. The van der Waals surface area contributed by atoms with Crippen molar-refractivity contribution in [2.24, 2.45) is 0 Å². The summed E-state index contributed by atoms with van der Waals surface area (Å²) in [5.74, 6) is 0. The third-order valence-corrected chi connectivity index (χ3v) is 5.94. The molecule has 2 nitrogen and oxygen atoms in total. The Hall–Kier alpha value is -1.67. The van der Waals surface area contributed by atoms with Gasteiger partial charge in [0, 0.05) is 18.3 Å². The molecule has 3 aromatic carbocycles. The van der Waals surface area contributed by atoms with E-state index in [0.29, 0.717) is 0 Å². The number of aromatic nitrogens is 2. The second-order valence-corrected chi connectivity index (χ2v) is 7.94. The topological polar surface area (TPSA) is 17.8 Å². The molecule has 0 N–H and O–H groups in total. The van der Waals surface area contributed by atoms with Crippen LogP contribution in [-0.2, 0) is 0 Å². The maximum Gasteiger partial charge on any atom is 0.0830 e. The van der Waals surface area contributed by atoms with Crippen LogP contribution in [0.4, 0.5) is 0 Å². The lowest BCUT2D eigenvalue weighted by molar-refractivity contribution is 0.887. The molecule has 25 heavy (non-hydrogen) atoms. The average Bonchev–Trinajstić information content (AvgIpc) is 3.08. The summed E-state index contributed by atoms with van der Waals surface area (Å²) in [4.78, 5) is 0. The van der Waals surface area contributed by atoms with Crippen LogP contribution in [0, 0.1) is 7.14 Å². The van der Waals surface area contributed by atoms with Gasteiger partial charge in [0.05, 0.1) is 17.6 Å². The van der Waals surface area contributed by atoms with Crippen molar-refractivity contribution < 1.29 is 0 Å². The molecule has 1 heterocycles. The number of benzene rings is 3. The highest BCUT2D eigenvalue weighted by atomic mass is 127. The van der Waals surface area contributed by atoms with E-state index in [-0.39, 0.29) is 0 Å². The normalized spacial score (nSPS) is 10.8. The molecule has 0 radical (unpaired) electrons. The fourth-order valence-electron chi connectivity index (χ4n) is 2.90. The molecule has 0 unspecified atom stereocenters. The van der Waals surface area contributed by atoms with Crippen LogP contribution in [0.2, 0.25) is 0 Å². The summed E-state index contributed by atoms with van der Waals surface area (Å²) in [6.07, 6.45) is 1.98. The smallest absolute Gasteiger partial charge is 0.0830 e. The number of halogens is 2. The van der Waals surface area contributed by atoms with Crippen molar-refractivity contribution in [3.63, 3.8) is 0 Å². The van der Waals surface area contributed by atoms with Crippen molar-refractivity contribution in [3.05, 3.63) is 92.2 Å². The molecule has 4 heteroatoms. The molecule has 0 saturated carbocycles. The second kappa shape index (κ2) is 7.29. The minimum absolute atomic E-state index is 1.06. The molecule has 0 aliphatic rings. The van der Waals surface area contributed by atoms with Crippen LogP contribution in [-0.4, -0.2) is 9.78 Å². The third kappa shape index (κ3) is 3.25. The van der Waals surface area contributed by atoms with Gasteiger partial charge in [0.15, 0.2) is 0 Å². The largest absolute Gasteiger partial charge is 0.232 e. The summed E-state index contributed by atoms with van der Waals surface area (Å²) >= 11 is 4.79. The van der Waals surface area contributed by atoms with E-state index in [1.165, 1.54) is 18.3 Å². The van der Waals surface area contributed by atoms with E-state index >= 15 is 0 Å². The SMILES string of the molecule is Ic1ccccc1-c1cnn(-c2ccccc2)c1-c1ccccc1I. The summed E-state index contributed by atoms with van der Waals surface area (Å²) in [6.45, 7) is 0. The zero-order chi connectivity index (χ0) is 17.2. The Balaban J connectivity index is 2.03. The lowest BCUT2D eigenvalue weighted by Crippen LogP contribution is -2.00. The quantitative estimate of drug-likeness (QED) is 0.271. The summed E-state index contributed by atoms with van der Waals surface area (Å²) in [5, 5.41) is 4.73. The molecular weight excluding hydrogens is 534 g/mol. The first-order valence-corrected chi connectivity index (χ1v) is 10.0. The number of hydrogen-bond donors (Lipinski definition) is 0. The number of para-hydroxylation sites is 1. The van der Waals surface area contributed by atoms with Crippen LogP contribution < -0.4 is 0 Å². The molecule has 0 amide bonds. The van der Waals surface area contributed by atoms with E-state index < -0.39 is 0 Å². The molecule has 4 rings (SSSR count). The predicted molar refractivity (Wildman–Crippen MR) is 120 cm³/mol. The lowest BCUT2D eigenvalue weighted by atomic mass is 10.0. The van der Waals surface area contributed by atoms with Gasteiger partial charge in [0.2, 0.25) is 0 Å². The van der Waals surface area contributed by atoms with Crippen molar-refractivity contribution in [1.82, 2.24) is 9.78 Å². The van der Waals surface area contributed by atoms with Crippen molar-refractivity contribution in [3.8, 4) is 28.1 Å². The number of nitrogens with zero attached hydrogens (tertiary/aromatic N) is 2. The molecule has 0 aliphatic carbocycles. The monoisotopic (exact) mass is 548 g/mol. The van der Waals surface area contributed by atoms with E-state index in [1.54, 1.807) is 0 Å². The molecule has 0 atom stereocenters. The predicted octanol–water partition coefficient (Wildman–Crippen LogP) is 6.42. The van der Waals surface area contributed by atoms with Crippen LogP contribution in [0.25, 0.3) is 28.1 Å². The van der Waals surface area contributed by atoms with Gasteiger partial charge in [0.25, 0.3) is 0 Å². The van der Waals surface area contributed by atoms with Crippen LogP contribution in [0.3, 0.4) is 0 Å². The Morgan fingerprint density at radius 1 is 0.600 bits per heavy atom. The zero-order valence-electron chi connectivity index (χ0n) is 13.2. The number of hydrogen-bond acceptors (Lipinski definition) is 1. The van der Waals surface area contributed by atoms with E-state index in [2.05, 4.69) is 106 Å². The van der Waals surface area contributed by atoms with Gasteiger partial charge in [-0.1, -0.05) is 54.6 Å². The molecule has 0 spiro atoms. The lowest BCUT2D eigenvalue weighted by Gasteiger charge is -2.12. The van der Waals surface area contributed by atoms with Crippen molar-refractivity contribution in [2.75, 3.05) is 0 Å². The first-order chi connectivity index (χ1) is 12.3. The standard InChI is InChI=1S/C21H14I2N2/c22-19-12-6-4-10-16(19)18-14-24-25(15-8-2-1-3-9-15)21(18)17-11-5-7-13-20(17)23/h1-14H. The Labute approximate surface area is 174 Å². The summed E-state index contributed by atoms with van der Waals surface area (Å²) in [5.41, 5.74) is 5.74. The van der Waals surface area contributed by atoms with E-state index in [0.717, 1.165) is 16.9 Å². The highest BCUT2D eigenvalue weighted by Gasteiger charge is 2.18. The second-order valence-electron chi connectivity index (χ2n) is 5.61. The van der Waals surface area contributed by atoms with Crippen molar-refractivity contribution in [1.29, 1.82) is 0 Å². The fourth-order valence-corrected chi connectivity index (χ4v) is 4.22. The Kier molecular flexibility index (Phi) is 4.89. The summed E-state index contributed by atoms with van der Waals surface area (Å²) < 4.78 is 4.47. The summed E-state index contributed by atoms with van der Waals surface area (Å²) in [6, 6.07) is 27.2. The van der Waals surface area contributed by atoms with Gasteiger partial charge < -0.3 is 0 Å². The van der Waals surface area contributed by atoms with Gasteiger partial charge in [-0.25, -0.2) is 4.68 Å². The van der Waals surface area contributed by atoms with Crippen molar-refractivity contribution in [2.45, 2.75) is 0 Å². The van der Waals surface area contributed by atoms with Gasteiger partial charge in [-0.05, 0) is 75.0 Å². The van der Waals surface area contributed by atoms with Gasteiger partial charge in [-0.15, -0.1) is 0 Å². The minimum Gasteiger partial charge on any atom is -0.232 e. The molecule has 0 saturated heterocycles. The van der Waals surface area contributed by atoms with Crippen LogP contribution >= 0.6 is 45.2 Å². The molecule has 1 aromatic heterocycles. The van der Waals surface area contributed by atoms with Gasteiger partial charge in [-0.3, -0.25) is 0 Å². The van der Waals surface area contributed by atoms with Crippen molar-refractivity contribution >= 4 is 45.2 Å². The minimum atomic E-state index is 1.06. The van der Waals surface area contributed by atoms with Crippen LogP contribution in [0.15, 0.2) is 85.1 Å². The van der Waals surface area contributed by atoms with E-state index in [4.69, 9.17) is 5.10 Å².